The van der Waals surface area contributed by atoms with E-state index in [2.05, 4.69) is 10.3 Å². The van der Waals surface area contributed by atoms with E-state index in [4.69, 9.17) is 27.9 Å². The van der Waals surface area contributed by atoms with Crippen LogP contribution in [0.25, 0.3) is 11.3 Å². The predicted octanol–water partition coefficient (Wildman–Crippen LogP) is 5.32. The zero-order valence-electron chi connectivity index (χ0n) is 16.9. The van der Waals surface area contributed by atoms with E-state index < -0.39 is 17.9 Å². The lowest BCUT2D eigenvalue weighted by Crippen LogP contribution is -2.31. The number of carbonyl (C=O) groups excluding carboxylic acids is 1. The first-order valence-corrected chi connectivity index (χ1v) is 10.1. The topological polar surface area (TPSA) is 88.5 Å². The molecule has 1 heterocycles. The summed E-state index contributed by atoms with van der Waals surface area (Å²) in [6.45, 7) is 1.93. The number of benzene rings is 2. The molecule has 0 spiro atoms. The Hall–Kier alpha value is -3.09. The Morgan fingerprint density at radius 1 is 1.10 bits per heavy atom. The Morgan fingerprint density at radius 3 is 2.45 bits per heavy atom. The number of ether oxygens (including phenoxy) is 1. The van der Waals surface area contributed by atoms with Crippen molar-refractivity contribution in [3.05, 3.63) is 81.5 Å². The van der Waals surface area contributed by atoms with Crippen LogP contribution in [0, 0.1) is 6.92 Å². The lowest BCUT2D eigenvalue weighted by atomic mass is 10.0. The van der Waals surface area contributed by atoms with Gasteiger partial charge in [0.1, 0.15) is 17.1 Å². The SMILES string of the molecule is COc1ccc(C(=O)NC(CC(=O)O)c2ccc(C)cc2)nc1-c1cccc(Cl)c1Cl. The molecule has 0 aliphatic heterocycles. The van der Waals surface area contributed by atoms with Crippen molar-refractivity contribution < 1.29 is 19.4 Å². The van der Waals surface area contributed by atoms with Crippen molar-refractivity contribution in [3.8, 4) is 17.0 Å². The number of rotatable bonds is 7. The van der Waals surface area contributed by atoms with Crippen molar-refractivity contribution >= 4 is 35.1 Å². The number of aromatic nitrogens is 1. The Labute approximate surface area is 189 Å². The summed E-state index contributed by atoms with van der Waals surface area (Å²) < 4.78 is 5.37. The summed E-state index contributed by atoms with van der Waals surface area (Å²) >= 11 is 12.5. The molecule has 2 N–H and O–H groups in total. The first-order chi connectivity index (χ1) is 14.8. The number of hydrogen-bond donors (Lipinski definition) is 2. The fourth-order valence-electron chi connectivity index (χ4n) is 3.07. The van der Waals surface area contributed by atoms with Crippen molar-refractivity contribution in [2.75, 3.05) is 7.11 Å². The molecule has 0 aliphatic carbocycles. The van der Waals surface area contributed by atoms with Gasteiger partial charge in [0, 0.05) is 5.56 Å². The van der Waals surface area contributed by atoms with Gasteiger partial charge in [0.25, 0.3) is 5.91 Å². The van der Waals surface area contributed by atoms with E-state index >= 15 is 0 Å². The van der Waals surface area contributed by atoms with Crippen molar-refractivity contribution in [1.82, 2.24) is 10.3 Å². The zero-order chi connectivity index (χ0) is 22.5. The van der Waals surface area contributed by atoms with Crippen LogP contribution in [-0.2, 0) is 4.79 Å². The van der Waals surface area contributed by atoms with Crippen LogP contribution in [0.2, 0.25) is 10.0 Å². The van der Waals surface area contributed by atoms with Gasteiger partial charge in [-0.15, -0.1) is 0 Å². The Balaban J connectivity index is 1.95. The fraction of sp³-hybridized carbons (Fsp3) is 0.174. The van der Waals surface area contributed by atoms with Crippen molar-refractivity contribution in [2.45, 2.75) is 19.4 Å². The molecule has 0 fully saturated rings. The molecule has 3 aromatic rings. The number of aliphatic carboxylic acids is 1. The number of halogens is 2. The highest BCUT2D eigenvalue weighted by molar-refractivity contribution is 6.43. The summed E-state index contributed by atoms with van der Waals surface area (Å²) in [5.74, 6) is -1.13. The monoisotopic (exact) mass is 458 g/mol. The van der Waals surface area contributed by atoms with Crippen LogP contribution in [0.15, 0.2) is 54.6 Å². The molecule has 2 aromatic carbocycles. The van der Waals surface area contributed by atoms with Gasteiger partial charge in [-0.3, -0.25) is 9.59 Å². The van der Waals surface area contributed by atoms with E-state index in [0.717, 1.165) is 5.56 Å². The Kier molecular flexibility index (Phi) is 7.15. The molecule has 31 heavy (non-hydrogen) atoms. The van der Waals surface area contributed by atoms with Crippen LogP contribution in [-0.4, -0.2) is 29.1 Å². The summed E-state index contributed by atoms with van der Waals surface area (Å²) in [5.41, 5.74) is 2.68. The van der Waals surface area contributed by atoms with Gasteiger partial charge < -0.3 is 15.2 Å². The average molecular weight is 459 g/mol. The van der Waals surface area contributed by atoms with Gasteiger partial charge >= 0.3 is 5.97 Å². The summed E-state index contributed by atoms with van der Waals surface area (Å²) in [6, 6.07) is 14.8. The molecular formula is C23H20Cl2N2O4. The molecule has 8 heteroatoms. The van der Waals surface area contributed by atoms with E-state index in [0.29, 0.717) is 27.6 Å². The molecule has 1 unspecified atom stereocenters. The molecule has 0 saturated carbocycles. The zero-order valence-corrected chi connectivity index (χ0v) is 18.4. The van der Waals surface area contributed by atoms with Gasteiger partial charge in [-0.1, -0.05) is 65.2 Å². The first-order valence-electron chi connectivity index (χ1n) is 9.38. The number of carboxylic acid groups (broad SMARTS) is 1. The normalized spacial score (nSPS) is 11.6. The maximum absolute atomic E-state index is 12.9. The third kappa shape index (κ3) is 5.34. The maximum atomic E-state index is 12.9. The van der Waals surface area contributed by atoms with Gasteiger partial charge in [0.05, 0.1) is 29.6 Å². The number of aryl methyl sites for hydroxylation is 1. The third-order valence-electron chi connectivity index (χ3n) is 4.68. The second-order valence-electron chi connectivity index (χ2n) is 6.88. The first kappa shape index (κ1) is 22.6. The van der Waals surface area contributed by atoms with E-state index in [1.54, 1.807) is 36.4 Å². The molecule has 1 atom stereocenters. The van der Waals surface area contributed by atoms with Gasteiger partial charge in [0.2, 0.25) is 0 Å². The van der Waals surface area contributed by atoms with Crippen molar-refractivity contribution in [3.63, 3.8) is 0 Å². The van der Waals surface area contributed by atoms with Gasteiger partial charge in [-0.25, -0.2) is 4.98 Å². The van der Waals surface area contributed by atoms with Crippen molar-refractivity contribution in [2.24, 2.45) is 0 Å². The highest BCUT2D eigenvalue weighted by Crippen LogP contribution is 2.37. The quantitative estimate of drug-likeness (QED) is 0.500. The molecule has 1 amide bonds. The van der Waals surface area contributed by atoms with Crippen LogP contribution in [0.3, 0.4) is 0 Å². The van der Waals surface area contributed by atoms with Crippen LogP contribution in [0.4, 0.5) is 0 Å². The van der Waals surface area contributed by atoms with Crippen molar-refractivity contribution in [1.29, 1.82) is 0 Å². The average Bonchev–Trinajstić information content (AvgIpc) is 2.75. The van der Waals surface area contributed by atoms with Crippen LogP contribution in [0.1, 0.15) is 34.1 Å². The highest BCUT2D eigenvalue weighted by Gasteiger charge is 2.22. The largest absolute Gasteiger partial charge is 0.494 e. The number of nitrogens with zero attached hydrogens (tertiary/aromatic N) is 1. The molecule has 6 nitrogen and oxygen atoms in total. The minimum atomic E-state index is -1.03. The smallest absolute Gasteiger partial charge is 0.305 e. The van der Waals surface area contributed by atoms with Gasteiger partial charge in [0.15, 0.2) is 0 Å². The minimum absolute atomic E-state index is 0.0920. The summed E-state index contributed by atoms with van der Waals surface area (Å²) in [5, 5.41) is 12.7. The number of nitrogens with one attached hydrogen (secondary N) is 1. The number of methoxy groups -OCH3 is 1. The van der Waals surface area contributed by atoms with E-state index in [-0.39, 0.29) is 17.1 Å². The predicted molar refractivity (Wildman–Crippen MR) is 120 cm³/mol. The number of carbonyl (C=O) groups is 2. The fourth-order valence-corrected chi connectivity index (χ4v) is 3.47. The molecule has 1 aromatic heterocycles. The van der Waals surface area contributed by atoms with E-state index in [1.165, 1.54) is 13.2 Å². The van der Waals surface area contributed by atoms with Crippen LogP contribution in [0.5, 0.6) is 5.75 Å². The number of amides is 1. The highest BCUT2D eigenvalue weighted by atomic mass is 35.5. The van der Waals surface area contributed by atoms with Crippen LogP contribution < -0.4 is 10.1 Å². The van der Waals surface area contributed by atoms with E-state index in [9.17, 15) is 14.7 Å². The lowest BCUT2D eigenvalue weighted by molar-refractivity contribution is -0.137. The molecule has 0 saturated heterocycles. The molecule has 0 aliphatic rings. The summed E-state index contributed by atoms with van der Waals surface area (Å²) in [4.78, 5) is 28.7. The summed E-state index contributed by atoms with van der Waals surface area (Å²) in [6.07, 6.45) is -0.266. The minimum Gasteiger partial charge on any atom is -0.494 e. The molecule has 0 bridgehead atoms. The standard InChI is InChI=1S/C23H20Cl2N2O4/c1-13-6-8-14(9-7-13)18(12-20(28)29)27-23(30)17-10-11-19(31-2)22(26-17)15-4-3-5-16(24)21(15)25/h3-11,18H,12H2,1-2H3,(H,27,30)(H,28,29). The maximum Gasteiger partial charge on any atom is 0.305 e. The van der Waals surface area contributed by atoms with Gasteiger partial charge in [-0.05, 0) is 30.7 Å². The number of pyridine rings is 1. The van der Waals surface area contributed by atoms with Crippen LogP contribution >= 0.6 is 23.2 Å². The second-order valence-corrected chi connectivity index (χ2v) is 7.67. The summed E-state index contributed by atoms with van der Waals surface area (Å²) in [7, 11) is 1.49. The second kappa shape index (κ2) is 9.81. The molecule has 160 valence electrons. The molecule has 3 rings (SSSR count). The number of carboxylic acids is 1. The number of hydrogen-bond acceptors (Lipinski definition) is 4. The molecular weight excluding hydrogens is 439 g/mol. The van der Waals surface area contributed by atoms with Gasteiger partial charge in [-0.2, -0.15) is 0 Å². The van der Waals surface area contributed by atoms with E-state index in [1.807, 2.05) is 19.1 Å². The molecule has 0 radical (unpaired) electrons. The lowest BCUT2D eigenvalue weighted by Gasteiger charge is -2.18. The Morgan fingerprint density at radius 2 is 1.81 bits per heavy atom. The third-order valence-corrected chi connectivity index (χ3v) is 5.50. The Bertz CT molecular complexity index is 1120.